The molecule has 1 heterocycles. The van der Waals surface area contributed by atoms with Gasteiger partial charge in [-0.15, -0.1) is 0 Å². The van der Waals surface area contributed by atoms with Crippen molar-refractivity contribution in [1.82, 2.24) is 4.90 Å². The first kappa shape index (κ1) is 12.5. The number of nitrogens with two attached hydrogens (primary N) is 1. The number of hydrogen-bond acceptors (Lipinski definition) is 1. The molecule has 19 heavy (non-hydrogen) atoms. The van der Waals surface area contributed by atoms with E-state index in [9.17, 15) is 0 Å². The van der Waals surface area contributed by atoms with E-state index in [0.717, 1.165) is 25.5 Å². The zero-order chi connectivity index (χ0) is 13.1. The highest BCUT2D eigenvalue weighted by Gasteiger charge is 2.19. The summed E-state index contributed by atoms with van der Waals surface area (Å²) < 4.78 is 0. The molecule has 2 N–H and O–H groups in total. The molecule has 1 fully saturated rings. The number of benzene rings is 1. The van der Waals surface area contributed by atoms with Crippen molar-refractivity contribution in [3.8, 4) is 0 Å². The van der Waals surface area contributed by atoms with Gasteiger partial charge in [-0.2, -0.15) is 0 Å². The summed E-state index contributed by atoms with van der Waals surface area (Å²) in [5.74, 6) is 0.751. The highest BCUT2D eigenvalue weighted by Crippen LogP contribution is 2.22. The van der Waals surface area contributed by atoms with Gasteiger partial charge in [-0.05, 0) is 30.4 Å². The maximum absolute atomic E-state index is 6.21. The smallest absolute Gasteiger partial charge is 0.191 e. The van der Waals surface area contributed by atoms with Gasteiger partial charge in [-0.3, -0.25) is 0 Å². The van der Waals surface area contributed by atoms with Crippen LogP contribution in [-0.2, 0) is 13.0 Å². The Hall–Kier alpha value is -1.51. The standard InChI is InChI=1S/C16H23N3/c17-16(18-15-8-2-1-3-9-15)19-11-10-13-6-4-5-7-14(13)12-19/h4-7,15H,1-3,8-12H2,(H2,17,18). The summed E-state index contributed by atoms with van der Waals surface area (Å²) in [4.78, 5) is 6.99. The number of nitrogens with zero attached hydrogens (tertiary/aromatic N) is 2. The molecule has 0 unspecified atom stereocenters. The Morgan fingerprint density at radius 1 is 1.11 bits per heavy atom. The van der Waals surface area contributed by atoms with Crippen LogP contribution in [0.15, 0.2) is 29.3 Å². The fourth-order valence-corrected chi connectivity index (χ4v) is 3.17. The minimum Gasteiger partial charge on any atom is -0.370 e. The molecule has 0 aromatic heterocycles. The Balaban J connectivity index is 1.68. The lowest BCUT2D eigenvalue weighted by atomic mass is 9.96. The minimum absolute atomic E-state index is 0.464. The number of guanidine groups is 1. The highest BCUT2D eigenvalue weighted by atomic mass is 15.3. The minimum atomic E-state index is 0.464. The predicted molar refractivity (Wildman–Crippen MR) is 79.1 cm³/mol. The molecular formula is C16H23N3. The van der Waals surface area contributed by atoms with Crippen molar-refractivity contribution in [1.29, 1.82) is 0 Å². The molecular weight excluding hydrogens is 234 g/mol. The van der Waals surface area contributed by atoms with Crippen LogP contribution in [0.4, 0.5) is 0 Å². The van der Waals surface area contributed by atoms with Gasteiger partial charge in [0.05, 0.1) is 6.04 Å². The van der Waals surface area contributed by atoms with Gasteiger partial charge >= 0.3 is 0 Å². The Morgan fingerprint density at radius 3 is 2.63 bits per heavy atom. The molecule has 3 nitrogen and oxygen atoms in total. The van der Waals surface area contributed by atoms with Crippen molar-refractivity contribution < 1.29 is 0 Å². The van der Waals surface area contributed by atoms with Crippen LogP contribution in [-0.4, -0.2) is 23.4 Å². The Kier molecular flexibility index (Phi) is 3.72. The van der Waals surface area contributed by atoms with Crippen molar-refractivity contribution in [2.24, 2.45) is 10.7 Å². The molecule has 1 aliphatic carbocycles. The second kappa shape index (κ2) is 5.64. The molecule has 1 saturated carbocycles. The molecule has 0 radical (unpaired) electrons. The lowest BCUT2D eigenvalue weighted by Crippen LogP contribution is -2.41. The summed E-state index contributed by atoms with van der Waals surface area (Å²) in [6, 6.07) is 9.12. The van der Waals surface area contributed by atoms with Gasteiger partial charge in [0.15, 0.2) is 5.96 Å². The van der Waals surface area contributed by atoms with E-state index in [4.69, 9.17) is 10.7 Å². The van der Waals surface area contributed by atoms with E-state index in [2.05, 4.69) is 29.2 Å². The molecule has 1 aliphatic heterocycles. The van der Waals surface area contributed by atoms with Gasteiger partial charge < -0.3 is 10.6 Å². The SMILES string of the molecule is NC(=NC1CCCCC1)N1CCc2ccccc2C1. The normalized spacial score (nSPS) is 21.3. The van der Waals surface area contributed by atoms with Crippen LogP contribution in [0.25, 0.3) is 0 Å². The van der Waals surface area contributed by atoms with E-state index in [1.807, 2.05) is 0 Å². The van der Waals surface area contributed by atoms with Crippen LogP contribution in [0.5, 0.6) is 0 Å². The summed E-state index contributed by atoms with van der Waals surface area (Å²) in [6.45, 7) is 1.91. The Labute approximate surface area is 115 Å². The average molecular weight is 257 g/mol. The molecule has 3 heteroatoms. The fourth-order valence-electron chi connectivity index (χ4n) is 3.17. The summed E-state index contributed by atoms with van der Waals surface area (Å²) in [5, 5.41) is 0. The summed E-state index contributed by atoms with van der Waals surface area (Å²) in [5.41, 5.74) is 9.07. The Bertz CT molecular complexity index is 461. The molecule has 1 aromatic carbocycles. The van der Waals surface area contributed by atoms with Gasteiger partial charge in [0.25, 0.3) is 0 Å². The van der Waals surface area contributed by atoms with E-state index < -0.39 is 0 Å². The molecule has 2 aliphatic rings. The van der Waals surface area contributed by atoms with Gasteiger partial charge in [0, 0.05) is 13.1 Å². The lowest BCUT2D eigenvalue weighted by molar-refractivity contribution is 0.377. The monoisotopic (exact) mass is 257 g/mol. The molecule has 0 saturated heterocycles. The molecule has 0 bridgehead atoms. The van der Waals surface area contributed by atoms with Crippen molar-refractivity contribution in [2.45, 2.75) is 51.1 Å². The van der Waals surface area contributed by atoms with E-state index in [-0.39, 0.29) is 0 Å². The first-order valence-electron chi connectivity index (χ1n) is 7.48. The third-order valence-electron chi connectivity index (χ3n) is 4.34. The van der Waals surface area contributed by atoms with Gasteiger partial charge in [-0.1, -0.05) is 43.5 Å². The zero-order valence-corrected chi connectivity index (χ0v) is 11.5. The summed E-state index contributed by atoms with van der Waals surface area (Å²) in [7, 11) is 0. The summed E-state index contributed by atoms with van der Waals surface area (Å²) >= 11 is 0. The quantitative estimate of drug-likeness (QED) is 0.621. The number of aliphatic imine (C=N–C) groups is 1. The second-order valence-corrected chi connectivity index (χ2v) is 5.72. The van der Waals surface area contributed by atoms with Crippen LogP contribution in [0.2, 0.25) is 0 Å². The third-order valence-corrected chi connectivity index (χ3v) is 4.34. The third kappa shape index (κ3) is 2.91. The van der Waals surface area contributed by atoms with Crippen molar-refractivity contribution in [3.63, 3.8) is 0 Å². The van der Waals surface area contributed by atoms with E-state index in [1.165, 1.54) is 43.2 Å². The van der Waals surface area contributed by atoms with Crippen LogP contribution >= 0.6 is 0 Å². The zero-order valence-electron chi connectivity index (χ0n) is 11.5. The molecule has 1 aromatic rings. The van der Waals surface area contributed by atoms with Crippen molar-refractivity contribution in [2.75, 3.05) is 6.54 Å². The van der Waals surface area contributed by atoms with Crippen LogP contribution in [0.3, 0.4) is 0 Å². The molecule has 0 spiro atoms. The first-order chi connectivity index (χ1) is 9.33. The molecule has 0 atom stereocenters. The summed E-state index contributed by atoms with van der Waals surface area (Å²) in [6.07, 6.45) is 7.49. The van der Waals surface area contributed by atoms with Gasteiger partial charge in [0.1, 0.15) is 0 Å². The number of rotatable bonds is 1. The fraction of sp³-hybridized carbons (Fsp3) is 0.562. The topological polar surface area (TPSA) is 41.6 Å². The molecule has 3 rings (SSSR count). The van der Waals surface area contributed by atoms with Crippen LogP contribution in [0.1, 0.15) is 43.2 Å². The number of hydrogen-bond donors (Lipinski definition) is 1. The van der Waals surface area contributed by atoms with Crippen LogP contribution < -0.4 is 5.73 Å². The Morgan fingerprint density at radius 2 is 1.84 bits per heavy atom. The molecule has 0 amide bonds. The first-order valence-corrected chi connectivity index (χ1v) is 7.48. The van der Waals surface area contributed by atoms with E-state index in [0.29, 0.717) is 6.04 Å². The largest absolute Gasteiger partial charge is 0.370 e. The van der Waals surface area contributed by atoms with Gasteiger partial charge in [0.2, 0.25) is 0 Å². The maximum Gasteiger partial charge on any atom is 0.191 e. The van der Waals surface area contributed by atoms with Crippen molar-refractivity contribution in [3.05, 3.63) is 35.4 Å². The maximum atomic E-state index is 6.21. The highest BCUT2D eigenvalue weighted by molar-refractivity contribution is 5.78. The van der Waals surface area contributed by atoms with E-state index in [1.54, 1.807) is 0 Å². The number of fused-ring (bicyclic) bond motifs is 1. The van der Waals surface area contributed by atoms with Gasteiger partial charge in [-0.25, -0.2) is 4.99 Å². The van der Waals surface area contributed by atoms with Crippen LogP contribution in [0, 0.1) is 0 Å². The average Bonchev–Trinajstić information content (AvgIpc) is 2.48. The predicted octanol–water partition coefficient (Wildman–Crippen LogP) is 2.69. The second-order valence-electron chi connectivity index (χ2n) is 5.72. The van der Waals surface area contributed by atoms with Crippen molar-refractivity contribution >= 4 is 5.96 Å². The van der Waals surface area contributed by atoms with E-state index >= 15 is 0 Å². The molecule has 102 valence electrons. The lowest BCUT2D eigenvalue weighted by Gasteiger charge is -2.30.